The first-order chi connectivity index (χ1) is 15.0. The van der Waals surface area contributed by atoms with Crippen LogP contribution in [0.3, 0.4) is 0 Å². The lowest BCUT2D eigenvalue weighted by molar-refractivity contribution is -0.690. The topological polar surface area (TPSA) is 83.4 Å². The van der Waals surface area contributed by atoms with E-state index >= 15 is 0 Å². The highest BCUT2D eigenvalue weighted by Crippen LogP contribution is 2.30. The van der Waals surface area contributed by atoms with Crippen molar-refractivity contribution in [2.24, 2.45) is 0 Å². The fourth-order valence-corrected chi connectivity index (χ4v) is 4.17. The lowest BCUT2D eigenvalue weighted by Crippen LogP contribution is -2.90. The van der Waals surface area contributed by atoms with Crippen molar-refractivity contribution in [3.63, 3.8) is 0 Å². The van der Waals surface area contributed by atoms with Gasteiger partial charge in [-0.25, -0.2) is 4.79 Å². The Labute approximate surface area is 184 Å². The summed E-state index contributed by atoms with van der Waals surface area (Å²) in [6.45, 7) is 2.96. The summed E-state index contributed by atoms with van der Waals surface area (Å²) in [5.41, 5.74) is 1.97. The molecule has 4 N–H and O–H groups in total. The second-order valence-corrected chi connectivity index (χ2v) is 8.43. The summed E-state index contributed by atoms with van der Waals surface area (Å²) in [5.74, 6) is -0.874. The van der Waals surface area contributed by atoms with Crippen LogP contribution in [0, 0.1) is 0 Å². The number of allylic oxidation sites excluding steroid dienone is 1. The van der Waals surface area contributed by atoms with Crippen molar-refractivity contribution in [1.29, 1.82) is 0 Å². The van der Waals surface area contributed by atoms with Crippen LogP contribution in [0.1, 0.15) is 66.9 Å². The van der Waals surface area contributed by atoms with Gasteiger partial charge in [0, 0.05) is 12.5 Å². The molecule has 2 unspecified atom stereocenters. The Bertz CT molecular complexity index is 878. The van der Waals surface area contributed by atoms with Crippen molar-refractivity contribution < 1.29 is 25.1 Å². The summed E-state index contributed by atoms with van der Waals surface area (Å²) < 4.78 is 5.59. The zero-order valence-corrected chi connectivity index (χ0v) is 18.3. The maximum Gasteiger partial charge on any atom is 0.342 e. The van der Waals surface area contributed by atoms with Gasteiger partial charge in [0.15, 0.2) is 0 Å². The molecule has 0 saturated carbocycles. The summed E-state index contributed by atoms with van der Waals surface area (Å²) in [6, 6.07) is 13.8. The second kappa shape index (κ2) is 11.6. The summed E-state index contributed by atoms with van der Waals surface area (Å²) >= 11 is 0. The molecule has 0 fully saturated rings. The Morgan fingerprint density at radius 3 is 2.65 bits per heavy atom. The molecule has 1 aliphatic heterocycles. The number of esters is 1. The second-order valence-electron chi connectivity index (χ2n) is 8.43. The number of rotatable bonds is 4. The van der Waals surface area contributed by atoms with Gasteiger partial charge in [-0.15, -0.1) is 0 Å². The number of phenols is 2. The Morgan fingerprint density at radius 2 is 1.84 bits per heavy atom. The minimum Gasteiger partial charge on any atom is -0.508 e. The van der Waals surface area contributed by atoms with Gasteiger partial charge in [-0.05, 0) is 62.6 Å². The first kappa shape index (κ1) is 22.9. The highest BCUT2D eigenvalue weighted by Gasteiger charge is 2.21. The average molecular weight is 425 g/mol. The molecule has 0 spiro atoms. The van der Waals surface area contributed by atoms with Gasteiger partial charge in [-0.1, -0.05) is 42.5 Å². The number of nitrogens with two attached hydrogens (primary N) is 1. The van der Waals surface area contributed by atoms with Crippen molar-refractivity contribution >= 4 is 12.0 Å². The van der Waals surface area contributed by atoms with E-state index in [-0.39, 0.29) is 23.2 Å². The van der Waals surface area contributed by atoms with Gasteiger partial charge in [-0.3, -0.25) is 0 Å². The lowest BCUT2D eigenvalue weighted by Gasteiger charge is -2.19. The number of ether oxygens (including phenoxy) is 1. The first-order valence-electron chi connectivity index (χ1n) is 11.3. The fourth-order valence-electron chi connectivity index (χ4n) is 4.17. The van der Waals surface area contributed by atoms with Crippen molar-refractivity contribution in [2.75, 3.05) is 6.54 Å². The number of phenolic OH excluding ortho intramolecular Hbond substituents is 2. The molecule has 0 aliphatic carbocycles. The molecule has 0 bridgehead atoms. The molecule has 5 nitrogen and oxygen atoms in total. The van der Waals surface area contributed by atoms with Crippen LogP contribution >= 0.6 is 0 Å². The maximum atomic E-state index is 12.7. The monoisotopic (exact) mass is 424 g/mol. The van der Waals surface area contributed by atoms with Gasteiger partial charge in [0.1, 0.15) is 17.1 Å². The van der Waals surface area contributed by atoms with E-state index in [4.69, 9.17) is 4.74 Å². The summed E-state index contributed by atoms with van der Waals surface area (Å²) in [6.07, 6.45) is 10.6. The number of cyclic esters (lactones) is 1. The van der Waals surface area contributed by atoms with E-state index in [1.54, 1.807) is 6.08 Å². The molecule has 5 heteroatoms. The number of benzene rings is 2. The van der Waals surface area contributed by atoms with Crippen molar-refractivity contribution in [1.82, 2.24) is 0 Å². The Balaban J connectivity index is 1.65. The van der Waals surface area contributed by atoms with E-state index in [1.165, 1.54) is 17.7 Å². The minimum atomic E-state index is -0.548. The largest absolute Gasteiger partial charge is 0.508 e. The molecule has 2 aromatic carbocycles. The number of carbonyl (C=O) groups excluding carboxylic acids is 1. The van der Waals surface area contributed by atoms with Crippen LogP contribution in [0.2, 0.25) is 0 Å². The Hall–Kier alpha value is -2.79. The number of quaternary nitrogens is 1. The third kappa shape index (κ3) is 7.14. The summed E-state index contributed by atoms with van der Waals surface area (Å²) in [7, 11) is 0. The first-order valence-corrected chi connectivity index (χ1v) is 11.3. The molecule has 2 aromatic rings. The third-order valence-corrected chi connectivity index (χ3v) is 5.85. The van der Waals surface area contributed by atoms with Gasteiger partial charge in [-0.2, -0.15) is 0 Å². The van der Waals surface area contributed by atoms with E-state index in [1.807, 2.05) is 19.1 Å². The predicted molar refractivity (Wildman–Crippen MR) is 122 cm³/mol. The molecule has 1 heterocycles. The van der Waals surface area contributed by atoms with E-state index in [0.717, 1.165) is 51.5 Å². The SMILES string of the molecule is CC1CCCC([NH2+]CCc2ccccc2)CCCC=Cc2cc(O)cc(O)c2C(=O)O1. The summed E-state index contributed by atoms with van der Waals surface area (Å²) in [5, 5.41) is 22.5. The normalized spacial score (nSPS) is 20.5. The van der Waals surface area contributed by atoms with Crippen molar-refractivity contribution in [3.05, 3.63) is 65.2 Å². The van der Waals surface area contributed by atoms with Crippen molar-refractivity contribution in [3.8, 4) is 11.5 Å². The van der Waals surface area contributed by atoms with E-state index in [9.17, 15) is 15.0 Å². The molecule has 0 saturated heterocycles. The van der Waals surface area contributed by atoms with Crippen LogP contribution in [-0.2, 0) is 11.2 Å². The van der Waals surface area contributed by atoms with Gasteiger partial charge in [0.05, 0.1) is 18.7 Å². The standard InChI is InChI=1S/C26H33NO4/c1-19-9-8-14-22(27-16-15-20-10-4-2-5-11-20)13-7-3-6-12-21-17-23(28)18-24(29)25(21)26(30)31-19/h2,4-6,10-12,17-19,22,27-29H,3,7-9,13-16H2,1H3/p+1. The highest BCUT2D eigenvalue weighted by atomic mass is 16.5. The van der Waals surface area contributed by atoms with Gasteiger partial charge in [0.25, 0.3) is 0 Å². The molecule has 0 radical (unpaired) electrons. The average Bonchev–Trinajstić information content (AvgIpc) is 2.72. The number of fused-ring (bicyclic) bond motifs is 1. The zero-order valence-electron chi connectivity index (χ0n) is 18.3. The molecule has 3 rings (SSSR count). The third-order valence-electron chi connectivity index (χ3n) is 5.85. The quantitative estimate of drug-likeness (QED) is 0.643. The van der Waals surface area contributed by atoms with Crippen molar-refractivity contribution in [2.45, 2.75) is 64.0 Å². The van der Waals surface area contributed by atoms with Gasteiger partial charge < -0.3 is 20.3 Å². The molecular weight excluding hydrogens is 390 g/mol. The molecular formula is C26H34NO4+. The Morgan fingerprint density at radius 1 is 1.06 bits per heavy atom. The van der Waals surface area contributed by atoms with Crippen LogP contribution in [0.25, 0.3) is 6.08 Å². The number of aromatic hydroxyl groups is 2. The molecule has 166 valence electrons. The highest BCUT2D eigenvalue weighted by molar-refractivity contribution is 5.97. The lowest BCUT2D eigenvalue weighted by atomic mass is 10.00. The number of carbonyl (C=O) groups is 1. The molecule has 0 aromatic heterocycles. The minimum absolute atomic E-state index is 0.0732. The van der Waals surface area contributed by atoms with Gasteiger partial charge in [0.2, 0.25) is 0 Å². The van der Waals surface area contributed by atoms with Crippen LogP contribution in [0.4, 0.5) is 0 Å². The zero-order chi connectivity index (χ0) is 22.1. The molecule has 0 amide bonds. The van der Waals surface area contributed by atoms with E-state index in [2.05, 4.69) is 29.6 Å². The smallest absolute Gasteiger partial charge is 0.342 e. The van der Waals surface area contributed by atoms with E-state index in [0.29, 0.717) is 11.6 Å². The van der Waals surface area contributed by atoms with Crippen LogP contribution < -0.4 is 5.32 Å². The number of hydrogen-bond donors (Lipinski definition) is 3. The predicted octanol–water partition coefficient (Wildman–Crippen LogP) is 4.19. The maximum absolute atomic E-state index is 12.7. The Kier molecular flexibility index (Phi) is 8.53. The fraction of sp³-hybridized carbons (Fsp3) is 0.423. The van der Waals surface area contributed by atoms with Crippen LogP contribution in [0.5, 0.6) is 11.5 Å². The molecule has 2 atom stereocenters. The van der Waals surface area contributed by atoms with Crippen LogP contribution in [-0.4, -0.2) is 34.9 Å². The van der Waals surface area contributed by atoms with Gasteiger partial charge >= 0.3 is 5.97 Å². The number of hydrogen-bond acceptors (Lipinski definition) is 4. The van der Waals surface area contributed by atoms with E-state index < -0.39 is 5.97 Å². The molecule has 1 aliphatic rings. The van der Waals surface area contributed by atoms with Crippen LogP contribution in [0.15, 0.2) is 48.5 Å². The summed E-state index contributed by atoms with van der Waals surface area (Å²) in [4.78, 5) is 12.7. The molecule has 31 heavy (non-hydrogen) atoms.